The maximum atomic E-state index is 12.2. The quantitative estimate of drug-likeness (QED) is 0.787. The molecule has 1 rings (SSSR count). The van der Waals surface area contributed by atoms with Crippen molar-refractivity contribution in [2.24, 2.45) is 0 Å². The first-order valence-corrected chi connectivity index (χ1v) is 6.66. The largest absolute Gasteiger partial charge is 0.381 e. The number of nitrogens with two attached hydrogens (primary N) is 1. The number of hydrogen-bond acceptors (Lipinski definition) is 4. The van der Waals surface area contributed by atoms with E-state index in [1.54, 1.807) is 6.92 Å². The van der Waals surface area contributed by atoms with Crippen molar-refractivity contribution < 1.29 is 8.42 Å². The molecular weight excluding hydrogens is 240 g/mol. The summed E-state index contributed by atoms with van der Waals surface area (Å²) >= 11 is 0. The summed E-state index contributed by atoms with van der Waals surface area (Å²) in [7, 11) is -2.10. The second kappa shape index (κ2) is 4.89. The molecule has 0 spiro atoms. The van der Waals surface area contributed by atoms with Gasteiger partial charge in [0.15, 0.2) is 5.82 Å². The third-order valence-electron chi connectivity index (χ3n) is 2.26. The van der Waals surface area contributed by atoms with Crippen LogP contribution in [0.1, 0.15) is 13.8 Å². The van der Waals surface area contributed by atoms with E-state index in [-0.39, 0.29) is 17.3 Å². The van der Waals surface area contributed by atoms with Gasteiger partial charge in [0.05, 0.1) is 0 Å². The number of nitrogens with zero attached hydrogens (tertiary/aromatic N) is 3. The Morgan fingerprint density at radius 1 is 1.65 bits per heavy atom. The van der Waals surface area contributed by atoms with Crippen LogP contribution in [0.15, 0.2) is 23.2 Å². The Morgan fingerprint density at radius 2 is 2.24 bits per heavy atom. The minimum atomic E-state index is -3.59. The Bertz CT molecular complexity index is 518. The van der Waals surface area contributed by atoms with Crippen LogP contribution in [-0.4, -0.2) is 36.1 Å². The molecule has 6 nitrogen and oxygen atoms in total. The fourth-order valence-corrected chi connectivity index (χ4v) is 2.70. The molecule has 17 heavy (non-hydrogen) atoms. The molecule has 0 amide bonds. The molecule has 7 heteroatoms. The maximum Gasteiger partial charge on any atom is 0.248 e. The van der Waals surface area contributed by atoms with Crippen LogP contribution in [-0.2, 0) is 16.6 Å². The number of nitrogen functional groups attached to an aromatic ring is 1. The molecule has 1 aromatic rings. The number of rotatable bonds is 5. The molecule has 0 fully saturated rings. The van der Waals surface area contributed by atoms with E-state index in [0.29, 0.717) is 6.54 Å². The molecule has 0 unspecified atom stereocenters. The number of aromatic nitrogens is 2. The molecule has 0 radical (unpaired) electrons. The molecule has 0 aliphatic rings. The van der Waals surface area contributed by atoms with Crippen molar-refractivity contribution in [3.63, 3.8) is 0 Å². The lowest BCUT2D eigenvalue weighted by Gasteiger charge is -2.16. The van der Waals surface area contributed by atoms with E-state index in [2.05, 4.69) is 11.7 Å². The highest BCUT2D eigenvalue weighted by Crippen LogP contribution is 2.20. The average Bonchev–Trinajstić information content (AvgIpc) is 2.59. The Hall–Kier alpha value is -1.34. The van der Waals surface area contributed by atoms with Crippen LogP contribution in [0.5, 0.6) is 0 Å². The number of sulfonamides is 1. The van der Waals surface area contributed by atoms with E-state index in [1.165, 1.54) is 22.2 Å². The van der Waals surface area contributed by atoms with Crippen LogP contribution in [0.25, 0.3) is 0 Å². The first-order valence-electron chi connectivity index (χ1n) is 5.22. The van der Waals surface area contributed by atoms with Crippen molar-refractivity contribution in [3.8, 4) is 0 Å². The number of hydrogen-bond donors (Lipinski definition) is 1. The standard InChI is InChI=1S/C10H18N4O2S/c1-5-14-7-9(10(11)12-14)17(15,16)13(4)6-8(2)3/h7H,2,5-6H2,1,3-4H3,(H2,11,12). The van der Waals surface area contributed by atoms with Gasteiger partial charge in [-0.15, -0.1) is 0 Å². The van der Waals surface area contributed by atoms with Gasteiger partial charge >= 0.3 is 0 Å². The van der Waals surface area contributed by atoms with Crippen molar-refractivity contribution >= 4 is 15.8 Å². The average molecular weight is 258 g/mol. The summed E-state index contributed by atoms with van der Waals surface area (Å²) in [6.45, 7) is 8.15. The maximum absolute atomic E-state index is 12.2. The lowest BCUT2D eigenvalue weighted by Crippen LogP contribution is -2.28. The molecule has 0 atom stereocenters. The van der Waals surface area contributed by atoms with Gasteiger partial charge in [-0.1, -0.05) is 12.2 Å². The molecule has 0 aromatic carbocycles. The van der Waals surface area contributed by atoms with Crippen LogP contribution >= 0.6 is 0 Å². The van der Waals surface area contributed by atoms with Crippen molar-refractivity contribution in [3.05, 3.63) is 18.3 Å². The summed E-state index contributed by atoms with van der Waals surface area (Å²) in [6.07, 6.45) is 1.44. The van der Waals surface area contributed by atoms with Crippen LogP contribution in [0.4, 0.5) is 5.82 Å². The summed E-state index contributed by atoms with van der Waals surface area (Å²) in [5.41, 5.74) is 6.37. The third kappa shape index (κ3) is 2.86. The fraction of sp³-hybridized carbons (Fsp3) is 0.500. The van der Waals surface area contributed by atoms with Gasteiger partial charge in [0, 0.05) is 26.3 Å². The normalized spacial score (nSPS) is 12.0. The molecule has 0 aliphatic heterocycles. The van der Waals surface area contributed by atoms with Crippen molar-refractivity contribution in [1.82, 2.24) is 14.1 Å². The number of aryl methyl sites for hydroxylation is 1. The molecule has 0 saturated heterocycles. The van der Waals surface area contributed by atoms with Crippen molar-refractivity contribution in [2.75, 3.05) is 19.3 Å². The summed E-state index contributed by atoms with van der Waals surface area (Å²) < 4.78 is 27.0. The van der Waals surface area contributed by atoms with E-state index in [1.807, 2.05) is 6.92 Å². The van der Waals surface area contributed by atoms with Gasteiger partial charge in [0.1, 0.15) is 4.90 Å². The van der Waals surface area contributed by atoms with Crippen LogP contribution < -0.4 is 5.73 Å². The van der Waals surface area contributed by atoms with Gasteiger partial charge < -0.3 is 5.73 Å². The number of anilines is 1. The molecule has 0 bridgehead atoms. The van der Waals surface area contributed by atoms with Crippen molar-refractivity contribution in [2.45, 2.75) is 25.3 Å². The molecule has 0 saturated carbocycles. The van der Waals surface area contributed by atoms with E-state index in [4.69, 9.17) is 5.73 Å². The van der Waals surface area contributed by atoms with E-state index in [9.17, 15) is 8.42 Å². The van der Waals surface area contributed by atoms with Gasteiger partial charge in [-0.3, -0.25) is 4.68 Å². The Labute approximate surface area is 102 Å². The first-order chi connectivity index (χ1) is 7.78. The molecular formula is C10H18N4O2S. The zero-order valence-electron chi connectivity index (χ0n) is 10.3. The van der Waals surface area contributed by atoms with Gasteiger partial charge in [0.2, 0.25) is 10.0 Å². The third-order valence-corrected chi connectivity index (χ3v) is 4.08. The van der Waals surface area contributed by atoms with E-state index < -0.39 is 10.0 Å². The highest BCUT2D eigenvalue weighted by Gasteiger charge is 2.25. The van der Waals surface area contributed by atoms with Gasteiger partial charge in [-0.2, -0.15) is 9.40 Å². The first kappa shape index (κ1) is 13.7. The van der Waals surface area contributed by atoms with E-state index >= 15 is 0 Å². The fourth-order valence-electron chi connectivity index (χ4n) is 1.41. The summed E-state index contributed by atoms with van der Waals surface area (Å²) in [5.74, 6) is 0.0282. The van der Waals surface area contributed by atoms with Gasteiger partial charge in [0.25, 0.3) is 0 Å². The molecule has 1 aromatic heterocycles. The molecule has 1 heterocycles. The Morgan fingerprint density at radius 3 is 2.65 bits per heavy atom. The molecule has 0 aliphatic carbocycles. The number of likely N-dealkylation sites (N-methyl/N-ethyl adjacent to an activating group) is 1. The Kier molecular flexibility index (Phi) is 3.94. The SMILES string of the molecule is C=C(C)CN(C)S(=O)(=O)c1cn(CC)nc1N. The second-order valence-corrected chi connectivity index (χ2v) is 5.97. The predicted octanol–water partition coefficient (Wildman–Crippen LogP) is 0.682. The summed E-state index contributed by atoms with van der Waals surface area (Å²) in [5, 5.41) is 3.92. The predicted molar refractivity (Wildman–Crippen MR) is 66.9 cm³/mol. The minimum absolute atomic E-state index is 0.0282. The Balaban J connectivity index is 3.12. The monoisotopic (exact) mass is 258 g/mol. The van der Waals surface area contributed by atoms with Crippen LogP contribution in [0.3, 0.4) is 0 Å². The van der Waals surface area contributed by atoms with Crippen LogP contribution in [0, 0.1) is 0 Å². The summed E-state index contributed by atoms with van der Waals surface area (Å²) in [6, 6.07) is 0. The topological polar surface area (TPSA) is 81.2 Å². The van der Waals surface area contributed by atoms with Crippen LogP contribution in [0.2, 0.25) is 0 Å². The zero-order valence-corrected chi connectivity index (χ0v) is 11.2. The lowest BCUT2D eigenvalue weighted by molar-refractivity contribution is 0.493. The lowest BCUT2D eigenvalue weighted by atomic mass is 10.4. The van der Waals surface area contributed by atoms with Gasteiger partial charge in [-0.25, -0.2) is 8.42 Å². The highest BCUT2D eigenvalue weighted by molar-refractivity contribution is 7.89. The highest BCUT2D eigenvalue weighted by atomic mass is 32.2. The second-order valence-electron chi connectivity index (χ2n) is 3.95. The molecule has 96 valence electrons. The smallest absolute Gasteiger partial charge is 0.248 e. The van der Waals surface area contributed by atoms with Crippen molar-refractivity contribution in [1.29, 1.82) is 0 Å². The summed E-state index contributed by atoms with van der Waals surface area (Å²) in [4.78, 5) is 0.0445. The van der Waals surface area contributed by atoms with Gasteiger partial charge in [-0.05, 0) is 13.8 Å². The van der Waals surface area contributed by atoms with E-state index in [0.717, 1.165) is 5.57 Å². The molecule has 2 N–H and O–H groups in total. The minimum Gasteiger partial charge on any atom is -0.381 e. The zero-order chi connectivity index (χ0) is 13.2.